The van der Waals surface area contributed by atoms with Crippen molar-refractivity contribution in [1.82, 2.24) is 9.80 Å². The minimum atomic E-state index is -0.931. The Bertz CT molecular complexity index is 1320. The Morgan fingerprint density at radius 3 is 2.40 bits per heavy atom. The molecular weight excluding hydrogens is 538 g/mol. The summed E-state index contributed by atoms with van der Waals surface area (Å²) in [5.74, 6) is -0.503. The molecule has 3 amide bonds. The molecule has 0 aliphatic carbocycles. The first-order chi connectivity index (χ1) is 19.9. The quantitative estimate of drug-likeness (QED) is 0.398. The molecule has 1 fully saturated rings. The van der Waals surface area contributed by atoms with Gasteiger partial charge in [0.25, 0.3) is 5.91 Å². The number of esters is 1. The number of nitrogens with zero attached hydrogens (tertiary/aromatic N) is 2. The van der Waals surface area contributed by atoms with Crippen molar-refractivity contribution in [3.8, 4) is 5.75 Å². The molecule has 2 aliphatic rings. The highest BCUT2D eigenvalue weighted by atomic mass is 16.5. The van der Waals surface area contributed by atoms with Crippen LogP contribution in [0, 0.1) is 11.3 Å². The lowest BCUT2D eigenvalue weighted by molar-refractivity contribution is -0.141. The number of amides is 3. The predicted molar refractivity (Wildman–Crippen MR) is 156 cm³/mol. The molecule has 10 nitrogen and oxygen atoms in total. The third kappa shape index (κ3) is 7.03. The van der Waals surface area contributed by atoms with Gasteiger partial charge in [0.15, 0.2) is 0 Å². The average Bonchev–Trinajstić information content (AvgIpc) is 3.28. The maximum absolute atomic E-state index is 13.1. The first kappa shape index (κ1) is 30.9. The summed E-state index contributed by atoms with van der Waals surface area (Å²) in [6.45, 7) is 7.31. The molecule has 2 aromatic carbocycles. The number of hydrogen-bond donors (Lipinski definition) is 2. The van der Waals surface area contributed by atoms with E-state index in [1.54, 1.807) is 23.1 Å². The van der Waals surface area contributed by atoms with Crippen molar-refractivity contribution >= 4 is 23.9 Å². The number of carbonyl (C=O) groups is 4. The molecule has 2 aromatic rings. The number of primary amides is 1. The van der Waals surface area contributed by atoms with Gasteiger partial charge in [0, 0.05) is 30.1 Å². The zero-order valence-electron chi connectivity index (χ0n) is 24.8. The molecule has 10 heteroatoms. The Balaban J connectivity index is 1.37. The minimum absolute atomic E-state index is 0.0112. The number of piperidine rings is 1. The van der Waals surface area contributed by atoms with Crippen molar-refractivity contribution in [1.29, 1.82) is 0 Å². The van der Waals surface area contributed by atoms with E-state index in [1.165, 1.54) is 17.6 Å². The van der Waals surface area contributed by atoms with E-state index in [9.17, 15) is 24.3 Å². The molecule has 3 atom stereocenters. The van der Waals surface area contributed by atoms with E-state index in [4.69, 9.17) is 10.5 Å². The zero-order valence-corrected chi connectivity index (χ0v) is 24.8. The summed E-state index contributed by atoms with van der Waals surface area (Å²) in [4.78, 5) is 51.6. The van der Waals surface area contributed by atoms with Crippen LogP contribution in [0.5, 0.6) is 5.75 Å². The molecule has 3 unspecified atom stereocenters. The summed E-state index contributed by atoms with van der Waals surface area (Å²) in [6, 6.07) is 12.5. The maximum atomic E-state index is 13.1. The minimum Gasteiger partial charge on any atom is -0.489 e. The van der Waals surface area contributed by atoms with Gasteiger partial charge in [-0.15, -0.1) is 0 Å². The number of rotatable bonds is 10. The smallest absolute Gasteiger partial charge is 0.407 e. The molecule has 4 rings (SSSR count). The maximum Gasteiger partial charge on any atom is 0.407 e. The number of likely N-dealkylation sites (tertiary alicyclic amines) is 1. The van der Waals surface area contributed by atoms with Crippen molar-refractivity contribution in [2.75, 3.05) is 13.7 Å². The fourth-order valence-electron chi connectivity index (χ4n) is 6.06. The molecule has 0 spiro atoms. The topological polar surface area (TPSA) is 139 Å². The Hall–Kier alpha value is -4.08. The number of carboxylic acid groups (broad SMARTS) is 1. The molecule has 42 heavy (non-hydrogen) atoms. The van der Waals surface area contributed by atoms with Gasteiger partial charge in [-0.25, -0.2) is 4.79 Å². The van der Waals surface area contributed by atoms with Crippen LogP contribution < -0.4 is 10.5 Å². The Morgan fingerprint density at radius 2 is 1.79 bits per heavy atom. The Kier molecular flexibility index (Phi) is 9.43. The molecule has 0 radical (unpaired) electrons. The molecule has 3 N–H and O–H groups in total. The second kappa shape index (κ2) is 12.8. The second-order valence-electron chi connectivity index (χ2n) is 12.3. The second-order valence-corrected chi connectivity index (χ2v) is 12.3. The third-order valence-corrected chi connectivity index (χ3v) is 8.41. The summed E-state index contributed by atoms with van der Waals surface area (Å²) in [5.41, 5.74) is 8.77. The number of nitrogens with two attached hydrogens (primary N) is 1. The van der Waals surface area contributed by atoms with Gasteiger partial charge >= 0.3 is 12.1 Å². The molecule has 0 bridgehead atoms. The van der Waals surface area contributed by atoms with Crippen LogP contribution in [-0.2, 0) is 33.9 Å². The number of hydrogen-bond acceptors (Lipinski definition) is 6. The Labute approximate surface area is 246 Å². The number of fused-ring (bicyclic) bond motifs is 1. The van der Waals surface area contributed by atoms with Gasteiger partial charge in [0.05, 0.1) is 13.7 Å². The van der Waals surface area contributed by atoms with Crippen LogP contribution in [0.2, 0.25) is 0 Å². The summed E-state index contributed by atoms with van der Waals surface area (Å²) in [5, 5.41) is 9.64. The van der Waals surface area contributed by atoms with E-state index in [1.807, 2.05) is 12.1 Å². The van der Waals surface area contributed by atoms with Crippen LogP contribution in [0.3, 0.4) is 0 Å². The third-order valence-electron chi connectivity index (χ3n) is 8.41. The molecule has 2 aliphatic heterocycles. The number of benzene rings is 2. The van der Waals surface area contributed by atoms with Gasteiger partial charge in [-0.05, 0) is 60.3 Å². The van der Waals surface area contributed by atoms with Crippen LogP contribution in [-0.4, -0.2) is 64.5 Å². The first-order valence-corrected chi connectivity index (χ1v) is 14.4. The van der Waals surface area contributed by atoms with E-state index in [2.05, 4.69) is 37.6 Å². The molecule has 2 heterocycles. The molecule has 226 valence electrons. The number of methoxy groups -OCH3 is 1. The lowest BCUT2D eigenvalue weighted by Crippen LogP contribution is -2.51. The van der Waals surface area contributed by atoms with Gasteiger partial charge in [-0.2, -0.15) is 0 Å². The van der Waals surface area contributed by atoms with Crippen LogP contribution in [0.1, 0.15) is 73.5 Å². The molecular formula is C32H41N3O7. The van der Waals surface area contributed by atoms with Crippen molar-refractivity contribution in [2.24, 2.45) is 17.1 Å². The summed E-state index contributed by atoms with van der Waals surface area (Å²) >= 11 is 0. The Morgan fingerprint density at radius 1 is 1.10 bits per heavy atom. The predicted octanol–water partition coefficient (Wildman–Crippen LogP) is 4.38. The summed E-state index contributed by atoms with van der Waals surface area (Å²) in [6.07, 6.45) is 1.79. The molecule has 0 saturated carbocycles. The van der Waals surface area contributed by atoms with Crippen molar-refractivity contribution in [2.45, 2.75) is 78.1 Å². The lowest BCUT2D eigenvalue weighted by Gasteiger charge is -2.44. The first-order valence-electron chi connectivity index (χ1n) is 14.4. The van der Waals surface area contributed by atoms with Crippen molar-refractivity contribution < 1.29 is 33.8 Å². The molecule has 0 aromatic heterocycles. The SMILES string of the molecule is COC(=O)CCC(C(N)=O)N1Cc2c(OCc3ccc(CC4CCN(C(=O)O)C(C(C)(C)C)C4)cc3)cccc2C1=O. The van der Waals surface area contributed by atoms with Gasteiger partial charge in [0.2, 0.25) is 5.91 Å². The van der Waals surface area contributed by atoms with E-state index >= 15 is 0 Å². The number of carbonyl (C=O) groups excluding carboxylic acids is 3. The molecule has 1 saturated heterocycles. The summed E-state index contributed by atoms with van der Waals surface area (Å²) in [7, 11) is 1.27. The standard InChI is InChI=1S/C32H41N3O7/c1-32(2,3)27-17-22(14-15-34(27)31(39)40)16-20-8-10-21(11-9-20)19-42-26-7-5-6-23-24(26)18-35(30(23)38)25(29(33)37)12-13-28(36)41-4/h5-11,22,25,27H,12-19H2,1-4H3,(H2,33,37)(H,39,40). The fourth-order valence-corrected chi connectivity index (χ4v) is 6.06. The number of ether oxygens (including phenoxy) is 2. The van der Waals surface area contributed by atoms with Crippen LogP contribution in [0.25, 0.3) is 0 Å². The zero-order chi connectivity index (χ0) is 30.6. The van der Waals surface area contributed by atoms with Gasteiger partial charge in [-0.1, -0.05) is 51.1 Å². The highest BCUT2D eigenvalue weighted by molar-refractivity contribution is 6.01. The van der Waals surface area contributed by atoms with Gasteiger partial charge in [-0.3, -0.25) is 14.4 Å². The lowest BCUT2D eigenvalue weighted by atomic mass is 9.75. The van der Waals surface area contributed by atoms with E-state index in [0.29, 0.717) is 35.9 Å². The largest absolute Gasteiger partial charge is 0.489 e. The highest BCUT2D eigenvalue weighted by Crippen LogP contribution is 2.36. The van der Waals surface area contributed by atoms with Crippen molar-refractivity contribution in [3.05, 3.63) is 64.7 Å². The van der Waals surface area contributed by atoms with Crippen LogP contribution in [0.4, 0.5) is 4.79 Å². The summed E-state index contributed by atoms with van der Waals surface area (Å²) < 4.78 is 10.8. The normalized spacial score (nSPS) is 19.3. The highest BCUT2D eigenvalue weighted by Gasteiger charge is 2.39. The van der Waals surface area contributed by atoms with Gasteiger partial charge < -0.3 is 30.1 Å². The average molecular weight is 580 g/mol. The van der Waals surface area contributed by atoms with Crippen molar-refractivity contribution in [3.63, 3.8) is 0 Å². The van der Waals surface area contributed by atoms with E-state index < -0.39 is 24.0 Å². The van der Waals surface area contributed by atoms with E-state index in [0.717, 1.165) is 24.8 Å². The van der Waals surface area contributed by atoms with Crippen LogP contribution >= 0.6 is 0 Å². The van der Waals surface area contributed by atoms with E-state index in [-0.39, 0.29) is 36.8 Å². The van der Waals surface area contributed by atoms with Crippen LogP contribution in [0.15, 0.2) is 42.5 Å². The fraction of sp³-hybridized carbons (Fsp3) is 0.500. The monoisotopic (exact) mass is 579 g/mol. The van der Waals surface area contributed by atoms with Gasteiger partial charge in [0.1, 0.15) is 18.4 Å².